The van der Waals surface area contributed by atoms with Crippen LogP contribution in [-0.4, -0.2) is 42.5 Å². The van der Waals surface area contributed by atoms with E-state index in [0.717, 1.165) is 4.88 Å². The predicted molar refractivity (Wildman–Crippen MR) is 123 cm³/mol. The van der Waals surface area contributed by atoms with Gasteiger partial charge in [-0.05, 0) is 19.9 Å². The van der Waals surface area contributed by atoms with Gasteiger partial charge in [0.1, 0.15) is 22.2 Å². The van der Waals surface area contributed by atoms with Crippen LogP contribution < -0.4 is 22.0 Å². The molecule has 0 aromatic carbocycles. The molecule has 0 saturated heterocycles. The van der Waals surface area contributed by atoms with Crippen LogP contribution in [0.5, 0.6) is 0 Å². The van der Waals surface area contributed by atoms with E-state index >= 15 is 0 Å². The number of hydrogen-bond donors (Lipinski definition) is 3. The van der Waals surface area contributed by atoms with Gasteiger partial charge in [0, 0.05) is 41.8 Å². The summed E-state index contributed by atoms with van der Waals surface area (Å²) < 4.78 is 28.5. The van der Waals surface area contributed by atoms with E-state index < -0.39 is 18.2 Å². The standard InChI is InChI=1S/C20H20F2N10OS/c1-10-4-29-20(34-10)15-8-27-17-14(32(24)18(30-23)16(21)22)3-13(9-31(15)17)19(33)28-7-12-5-25-11(2)26-6-12/h3-6,8-9,16H,7,23-24H2,1-2H3,(H,28,33)/b30-18-. The second-order valence-electron chi connectivity index (χ2n) is 7.21. The lowest BCUT2D eigenvalue weighted by molar-refractivity contribution is 0.0950. The summed E-state index contributed by atoms with van der Waals surface area (Å²) in [4.78, 5) is 30.8. The number of alkyl halides is 2. The molecule has 5 N–H and O–H groups in total. The van der Waals surface area contributed by atoms with Crippen molar-refractivity contribution in [2.24, 2.45) is 16.8 Å². The molecule has 0 bridgehead atoms. The van der Waals surface area contributed by atoms with Gasteiger partial charge in [-0.25, -0.2) is 34.6 Å². The van der Waals surface area contributed by atoms with Gasteiger partial charge < -0.3 is 11.2 Å². The Morgan fingerprint density at radius 2 is 1.94 bits per heavy atom. The molecule has 11 nitrogen and oxygen atoms in total. The first-order valence-corrected chi connectivity index (χ1v) is 10.7. The summed E-state index contributed by atoms with van der Waals surface area (Å²) in [5.41, 5.74) is 1.63. The minimum atomic E-state index is -3.05. The molecule has 176 valence electrons. The zero-order valence-electron chi connectivity index (χ0n) is 18.1. The number of imidazole rings is 1. The van der Waals surface area contributed by atoms with Crippen molar-refractivity contribution in [3.63, 3.8) is 0 Å². The first kappa shape index (κ1) is 23.1. The number of amidine groups is 1. The van der Waals surface area contributed by atoms with Crippen LogP contribution in [0.15, 0.2) is 42.2 Å². The van der Waals surface area contributed by atoms with E-state index in [9.17, 15) is 13.6 Å². The highest BCUT2D eigenvalue weighted by Crippen LogP contribution is 2.30. The maximum Gasteiger partial charge on any atom is 0.298 e. The van der Waals surface area contributed by atoms with Crippen molar-refractivity contribution < 1.29 is 13.6 Å². The Hall–Kier alpha value is -4.04. The van der Waals surface area contributed by atoms with Gasteiger partial charge >= 0.3 is 0 Å². The summed E-state index contributed by atoms with van der Waals surface area (Å²) >= 11 is 1.42. The summed E-state index contributed by atoms with van der Waals surface area (Å²) in [6.07, 6.45) is 4.91. The van der Waals surface area contributed by atoms with Crippen molar-refractivity contribution in [1.29, 1.82) is 0 Å². The van der Waals surface area contributed by atoms with Crippen LogP contribution in [0.25, 0.3) is 16.3 Å². The molecule has 14 heteroatoms. The smallest absolute Gasteiger partial charge is 0.298 e. The van der Waals surface area contributed by atoms with Gasteiger partial charge in [-0.15, -0.1) is 11.3 Å². The van der Waals surface area contributed by atoms with Crippen molar-refractivity contribution in [3.05, 3.63) is 58.9 Å². The zero-order chi connectivity index (χ0) is 24.4. The number of carbonyl (C=O) groups is 1. The molecule has 34 heavy (non-hydrogen) atoms. The number of nitrogens with two attached hydrogens (primary N) is 2. The van der Waals surface area contributed by atoms with Gasteiger partial charge in [-0.1, -0.05) is 0 Å². The topological polar surface area (TPSA) is 153 Å². The first-order chi connectivity index (χ1) is 16.3. The molecule has 0 unspecified atom stereocenters. The Labute approximate surface area is 196 Å². The van der Waals surface area contributed by atoms with E-state index in [1.807, 2.05) is 6.92 Å². The average Bonchev–Trinajstić information content (AvgIpc) is 3.43. The lowest BCUT2D eigenvalue weighted by Gasteiger charge is -2.21. The highest BCUT2D eigenvalue weighted by Gasteiger charge is 2.25. The lowest BCUT2D eigenvalue weighted by atomic mass is 10.2. The quantitative estimate of drug-likeness (QED) is 0.162. The number of aryl methyl sites for hydroxylation is 2. The highest BCUT2D eigenvalue weighted by molar-refractivity contribution is 7.14. The normalized spacial score (nSPS) is 11.9. The third-order valence-electron chi connectivity index (χ3n) is 4.81. The van der Waals surface area contributed by atoms with E-state index in [4.69, 9.17) is 11.7 Å². The molecule has 0 spiro atoms. The van der Waals surface area contributed by atoms with Crippen LogP contribution in [0, 0.1) is 13.8 Å². The summed E-state index contributed by atoms with van der Waals surface area (Å²) in [6.45, 7) is 3.81. The van der Waals surface area contributed by atoms with Gasteiger partial charge in [0.25, 0.3) is 12.3 Å². The van der Waals surface area contributed by atoms with Crippen molar-refractivity contribution in [2.75, 3.05) is 5.01 Å². The monoisotopic (exact) mass is 486 g/mol. The van der Waals surface area contributed by atoms with Crippen LogP contribution in [-0.2, 0) is 6.54 Å². The molecule has 1 amide bonds. The van der Waals surface area contributed by atoms with Crippen molar-refractivity contribution >= 4 is 34.4 Å². The summed E-state index contributed by atoms with van der Waals surface area (Å²) in [6, 6.07) is 1.34. The molecule has 4 heterocycles. The number of fused-ring (bicyclic) bond motifs is 1. The molecule has 0 saturated carbocycles. The van der Waals surface area contributed by atoms with Crippen molar-refractivity contribution in [2.45, 2.75) is 26.8 Å². The Balaban J connectivity index is 1.77. The summed E-state index contributed by atoms with van der Waals surface area (Å²) in [5, 5.41) is 7.12. The predicted octanol–water partition coefficient (Wildman–Crippen LogP) is 2.01. The lowest BCUT2D eigenvalue weighted by Crippen LogP contribution is -2.43. The number of hydrazine groups is 1. The third-order valence-corrected chi connectivity index (χ3v) is 5.75. The van der Waals surface area contributed by atoms with Crippen LogP contribution in [0.2, 0.25) is 0 Å². The second-order valence-corrected chi connectivity index (χ2v) is 8.44. The molecule has 0 aliphatic heterocycles. The van der Waals surface area contributed by atoms with E-state index in [1.165, 1.54) is 29.8 Å². The van der Waals surface area contributed by atoms with Crippen molar-refractivity contribution in [3.8, 4) is 10.7 Å². The number of nitrogens with one attached hydrogen (secondary N) is 1. The molecule has 0 fully saturated rings. The Morgan fingerprint density at radius 3 is 2.56 bits per heavy atom. The Bertz CT molecular complexity index is 1370. The highest BCUT2D eigenvalue weighted by atomic mass is 32.1. The van der Waals surface area contributed by atoms with Gasteiger partial charge in [0.15, 0.2) is 5.65 Å². The largest absolute Gasteiger partial charge is 0.348 e. The molecule has 0 aliphatic carbocycles. The van der Waals surface area contributed by atoms with E-state index in [0.29, 0.717) is 27.1 Å². The molecule has 0 aliphatic rings. The number of amides is 1. The number of hydrogen-bond acceptors (Lipinski definition) is 9. The summed E-state index contributed by atoms with van der Waals surface area (Å²) in [7, 11) is 0. The number of carbonyl (C=O) groups excluding carboxylic acids is 1. The number of nitrogens with zero attached hydrogens (tertiary/aromatic N) is 7. The number of rotatable bonds is 6. The minimum Gasteiger partial charge on any atom is -0.348 e. The zero-order valence-corrected chi connectivity index (χ0v) is 18.9. The third kappa shape index (κ3) is 4.53. The van der Waals surface area contributed by atoms with E-state index in [2.05, 4.69) is 30.4 Å². The number of pyridine rings is 1. The Kier molecular flexibility index (Phi) is 6.43. The second kappa shape index (κ2) is 9.44. The fourth-order valence-electron chi connectivity index (χ4n) is 3.14. The van der Waals surface area contributed by atoms with Crippen LogP contribution in [0.3, 0.4) is 0 Å². The molecular weight excluding hydrogens is 466 g/mol. The van der Waals surface area contributed by atoms with E-state index in [-0.39, 0.29) is 23.4 Å². The number of hydrazone groups is 1. The number of aromatic nitrogens is 5. The van der Waals surface area contributed by atoms with Crippen LogP contribution >= 0.6 is 11.3 Å². The van der Waals surface area contributed by atoms with Gasteiger partial charge in [-0.3, -0.25) is 14.2 Å². The minimum absolute atomic E-state index is 0.00958. The number of halogens is 2. The Morgan fingerprint density at radius 1 is 1.21 bits per heavy atom. The molecule has 0 radical (unpaired) electrons. The van der Waals surface area contributed by atoms with Gasteiger partial charge in [-0.2, -0.15) is 5.10 Å². The number of anilines is 1. The maximum absolute atomic E-state index is 13.4. The fraction of sp³-hybridized carbons (Fsp3) is 0.200. The van der Waals surface area contributed by atoms with Crippen LogP contribution in [0.1, 0.15) is 26.6 Å². The first-order valence-electron chi connectivity index (χ1n) is 9.89. The van der Waals surface area contributed by atoms with Crippen LogP contribution in [0.4, 0.5) is 14.5 Å². The van der Waals surface area contributed by atoms with Gasteiger partial charge in [0.05, 0.1) is 11.8 Å². The molecule has 4 rings (SSSR count). The maximum atomic E-state index is 13.4. The van der Waals surface area contributed by atoms with Gasteiger partial charge in [0.2, 0.25) is 5.84 Å². The van der Waals surface area contributed by atoms with E-state index in [1.54, 1.807) is 29.9 Å². The molecule has 0 atom stereocenters. The fourth-order valence-corrected chi connectivity index (χ4v) is 3.92. The summed E-state index contributed by atoms with van der Waals surface area (Å²) in [5.74, 6) is 10.3. The SMILES string of the molecule is Cc1ncc(CNC(=O)c2cc(N(N)/C(=N\N)C(F)F)c3ncc(-c4ncc(C)s4)n3c2)cn1. The van der Waals surface area contributed by atoms with Crippen molar-refractivity contribution in [1.82, 2.24) is 29.7 Å². The number of thiazole rings is 1. The average molecular weight is 487 g/mol. The molecule has 4 aromatic heterocycles. The molecular formula is C20H20F2N10OS. The molecule has 4 aromatic rings.